The molecule has 2 aromatic rings. The SMILES string of the molecule is O[PH]1(c2ccccc2)COc2ccc[c]c21. The average Bonchev–Trinajstić information content (AvgIpc) is 2.71. The molecule has 1 N–H and O–H groups in total. The van der Waals surface area contributed by atoms with Gasteiger partial charge in [0.25, 0.3) is 0 Å². The molecule has 2 nitrogen and oxygen atoms in total. The van der Waals surface area contributed by atoms with Gasteiger partial charge >= 0.3 is 94.4 Å². The van der Waals surface area contributed by atoms with Crippen molar-refractivity contribution in [1.82, 2.24) is 0 Å². The summed E-state index contributed by atoms with van der Waals surface area (Å²) in [4.78, 5) is 10.8. The summed E-state index contributed by atoms with van der Waals surface area (Å²) < 4.78 is 5.55. The fourth-order valence-corrected chi connectivity index (χ4v) is 4.65. The Labute approximate surface area is 94.9 Å². The third kappa shape index (κ3) is 1.35. The molecule has 1 aliphatic rings. The van der Waals surface area contributed by atoms with Crippen LogP contribution in [-0.4, -0.2) is 11.2 Å². The maximum absolute atomic E-state index is 10.8. The summed E-state index contributed by atoms with van der Waals surface area (Å²) in [5, 5.41) is 1.84. The molecule has 1 radical (unpaired) electrons. The molecule has 3 heteroatoms. The molecule has 1 aliphatic heterocycles. The molecular formula is C13H12O2P. The van der Waals surface area contributed by atoms with Gasteiger partial charge in [0, 0.05) is 0 Å². The molecule has 0 fully saturated rings. The van der Waals surface area contributed by atoms with E-state index in [0.717, 1.165) is 16.4 Å². The summed E-state index contributed by atoms with van der Waals surface area (Å²) >= 11 is 0. The first-order valence-corrected chi connectivity index (χ1v) is 7.38. The topological polar surface area (TPSA) is 29.5 Å². The predicted octanol–water partition coefficient (Wildman–Crippen LogP) is 1.44. The van der Waals surface area contributed by atoms with Crippen LogP contribution in [0.1, 0.15) is 0 Å². The molecule has 0 unspecified atom stereocenters. The minimum absolute atomic E-state index is 0.396. The molecule has 0 spiro atoms. The Balaban J connectivity index is 2.15. The van der Waals surface area contributed by atoms with E-state index in [1.54, 1.807) is 0 Å². The van der Waals surface area contributed by atoms with Gasteiger partial charge in [0.05, 0.1) is 0 Å². The number of fused-ring (bicyclic) bond motifs is 1. The zero-order valence-corrected chi connectivity index (χ0v) is 9.68. The van der Waals surface area contributed by atoms with Crippen molar-refractivity contribution in [3.05, 3.63) is 54.6 Å². The van der Waals surface area contributed by atoms with Crippen molar-refractivity contribution in [2.75, 3.05) is 6.35 Å². The molecule has 16 heavy (non-hydrogen) atoms. The van der Waals surface area contributed by atoms with Crippen molar-refractivity contribution in [3.8, 4) is 5.75 Å². The molecule has 0 saturated carbocycles. The van der Waals surface area contributed by atoms with Crippen LogP contribution in [-0.2, 0) is 0 Å². The van der Waals surface area contributed by atoms with Gasteiger partial charge in [-0.15, -0.1) is 0 Å². The van der Waals surface area contributed by atoms with Crippen LogP contribution in [0.15, 0.2) is 48.5 Å². The van der Waals surface area contributed by atoms with E-state index in [4.69, 9.17) is 4.74 Å². The van der Waals surface area contributed by atoms with Gasteiger partial charge in [-0.1, -0.05) is 0 Å². The molecule has 0 amide bonds. The Hall–Kier alpha value is -1.37. The third-order valence-electron chi connectivity index (χ3n) is 2.92. The summed E-state index contributed by atoms with van der Waals surface area (Å²) in [6, 6.07) is 18.5. The van der Waals surface area contributed by atoms with Crippen molar-refractivity contribution in [1.29, 1.82) is 0 Å². The molecule has 0 aliphatic carbocycles. The van der Waals surface area contributed by atoms with Gasteiger partial charge in [0.1, 0.15) is 0 Å². The summed E-state index contributed by atoms with van der Waals surface area (Å²) in [5.74, 6) is 0.778. The van der Waals surface area contributed by atoms with Crippen LogP contribution < -0.4 is 15.3 Å². The minimum atomic E-state index is -2.66. The van der Waals surface area contributed by atoms with Crippen LogP contribution in [0, 0.1) is 6.07 Å². The van der Waals surface area contributed by atoms with Gasteiger partial charge in [0.2, 0.25) is 0 Å². The first-order valence-electron chi connectivity index (χ1n) is 5.22. The Morgan fingerprint density at radius 2 is 1.94 bits per heavy atom. The van der Waals surface area contributed by atoms with Gasteiger partial charge in [0.15, 0.2) is 0 Å². The quantitative estimate of drug-likeness (QED) is 0.753. The van der Waals surface area contributed by atoms with Crippen molar-refractivity contribution in [2.24, 2.45) is 0 Å². The summed E-state index contributed by atoms with van der Waals surface area (Å²) in [6.45, 7) is 0. The van der Waals surface area contributed by atoms with Crippen molar-refractivity contribution < 1.29 is 9.63 Å². The number of rotatable bonds is 1. The van der Waals surface area contributed by atoms with Crippen molar-refractivity contribution >= 4 is 18.1 Å². The molecule has 1 heterocycles. The Kier molecular flexibility index (Phi) is 2.20. The van der Waals surface area contributed by atoms with E-state index in [2.05, 4.69) is 6.07 Å². The van der Waals surface area contributed by atoms with Gasteiger partial charge in [-0.2, -0.15) is 0 Å². The number of hydrogen-bond donors (Lipinski definition) is 1. The zero-order valence-electron chi connectivity index (χ0n) is 8.68. The van der Waals surface area contributed by atoms with Gasteiger partial charge < -0.3 is 0 Å². The van der Waals surface area contributed by atoms with E-state index in [0.29, 0.717) is 6.35 Å². The molecule has 0 saturated heterocycles. The van der Waals surface area contributed by atoms with E-state index in [9.17, 15) is 4.89 Å². The fraction of sp³-hybridized carbons (Fsp3) is 0.0769. The van der Waals surface area contributed by atoms with E-state index in [-0.39, 0.29) is 0 Å². The molecule has 0 aromatic heterocycles. The first-order chi connectivity index (χ1) is 7.81. The Morgan fingerprint density at radius 3 is 2.75 bits per heavy atom. The first kappa shape index (κ1) is 9.83. The Morgan fingerprint density at radius 1 is 1.12 bits per heavy atom. The second-order valence-electron chi connectivity index (χ2n) is 3.92. The van der Waals surface area contributed by atoms with Crippen LogP contribution in [0.4, 0.5) is 0 Å². The van der Waals surface area contributed by atoms with Crippen LogP contribution >= 0.6 is 7.49 Å². The van der Waals surface area contributed by atoms with Crippen LogP contribution in [0.5, 0.6) is 5.75 Å². The van der Waals surface area contributed by atoms with Gasteiger partial charge in [-0.05, 0) is 0 Å². The van der Waals surface area contributed by atoms with Crippen LogP contribution in [0.3, 0.4) is 0 Å². The van der Waals surface area contributed by atoms with Crippen LogP contribution in [0.25, 0.3) is 0 Å². The number of hydrogen-bond acceptors (Lipinski definition) is 2. The van der Waals surface area contributed by atoms with Gasteiger partial charge in [-0.3, -0.25) is 0 Å². The fourth-order valence-electron chi connectivity index (χ4n) is 2.06. The maximum atomic E-state index is 10.8. The van der Waals surface area contributed by atoms with E-state index >= 15 is 0 Å². The summed E-state index contributed by atoms with van der Waals surface area (Å²) in [5.41, 5.74) is 0. The Bertz CT molecular complexity index is 512. The summed E-state index contributed by atoms with van der Waals surface area (Å²) in [6.07, 6.45) is 0.396. The van der Waals surface area contributed by atoms with Crippen molar-refractivity contribution in [3.63, 3.8) is 0 Å². The molecule has 0 bridgehead atoms. The molecular weight excluding hydrogens is 219 g/mol. The monoisotopic (exact) mass is 231 g/mol. The van der Waals surface area contributed by atoms with E-state index < -0.39 is 7.49 Å². The second-order valence-corrected chi connectivity index (χ2v) is 7.01. The molecule has 0 atom stereocenters. The van der Waals surface area contributed by atoms with E-state index in [1.807, 2.05) is 48.5 Å². The second kappa shape index (κ2) is 3.58. The molecule has 81 valence electrons. The van der Waals surface area contributed by atoms with Crippen LogP contribution in [0.2, 0.25) is 0 Å². The third-order valence-corrected chi connectivity index (χ3v) is 5.99. The standard InChI is InChI=1S/C13H12O2P/c14-16(11-6-2-1-3-7-11)10-15-12-8-4-5-9-13(12)16/h1-8,14,16H,10H2. The number of benzene rings is 2. The summed E-state index contributed by atoms with van der Waals surface area (Å²) in [7, 11) is -2.66. The van der Waals surface area contributed by atoms with E-state index in [1.165, 1.54) is 0 Å². The van der Waals surface area contributed by atoms with Gasteiger partial charge in [-0.25, -0.2) is 0 Å². The average molecular weight is 231 g/mol. The number of ether oxygens (including phenoxy) is 1. The zero-order chi connectivity index (χ0) is 11.0. The normalized spacial score (nSPS) is 18.6. The molecule has 2 aromatic carbocycles. The molecule has 3 rings (SSSR count). The van der Waals surface area contributed by atoms with Crippen molar-refractivity contribution in [2.45, 2.75) is 0 Å². The predicted molar refractivity (Wildman–Crippen MR) is 67.0 cm³/mol.